The predicted octanol–water partition coefficient (Wildman–Crippen LogP) is 2.86. The maximum absolute atomic E-state index is 13.2. The van der Waals surface area contributed by atoms with Crippen molar-refractivity contribution < 1.29 is 14.0 Å². The van der Waals surface area contributed by atoms with Gasteiger partial charge in [-0.3, -0.25) is 9.59 Å². The lowest BCUT2D eigenvalue weighted by Gasteiger charge is -2.32. The SMILES string of the molecule is O=C(NC1CCN(C(=O)c2ccccc2)CC1)c1cccc(F)c1. The van der Waals surface area contributed by atoms with Crippen LogP contribution in [0.4, 0.5) is 4.39 Å². The molecule has 0 aliphatic carbocycles. The summed E-state index contributed by atoms with van der Waals surface area (Å²) in [6, 6.07) is 14.8. The van der Waals surface area contributed by atoms with Gasteiger partial charge in [0.05, 0.1) is 0 Å². The fourth-order valence-corrected chi connectivity index (χ4v) is 2.89. The molecule has 5 heteroatoms. The first kappa shape index (κ1) is 16.2. The second-order valence-electron chi connectivity index (χ2n) is 5.92. The first-order valence-corrected chi connectivity index (χ1v) is 8.04. The van der Waals surface area contributed by atoms with E-state index in [0.29, 0.717) is 37.1 Å². The van der Waals surface area contributed by atoms with Gasteiger partial charge in [0, 0.05) is 30.3 Å². The van der Waals surface area contributed by atoms with E-state index in [1.54, 1.807) is 23.1 Å². The van der Waals surface area contributed by atoms with Crippen LogP contribution >= 0.6 is 0 Å². The number of rotatable bonds is 3. The van der Waals surface area contributed by atoms with E-state index in [0.717, 1.165) is 0 Å². The van der Waals surface area contributed by atoms with Gasteiger partial charge in [0.25, 0.3) is 11.8 Å². The van der Waals surface area contributed by atoms with E-state index in [4.69, 9.17) is 0 Å². The molecule has 1 fully saturated rings. The van der Waals surface area contributed by atoms with Crippen LogP contribution in [0.2, 0.25) is 0 Å². The molecule has 2 aromatic rings. The topological polar surface area (TPSA) is 49.4 Å². The third-order valence-electron chi connectivity index (χ3n) is 4.22. The van der Waals surface area contributed by atoms with Gasteiger partial charge in [0.15, 0.2) is 0 Å². The Balaban J connectivity index is 1.54. The number of hydrogen-bond acceptors (Lipinski definition) is 2. The standard InChI is InChI=1S/C19H19FN2O2/c20-16-8-4-7-15(13-16)18(23)21-17-9-11-22(12-10-17)19(24)14-5-2-1-3-6-14/h1-8,13,17H,9-12H2,(H,21,23). The molecule has 0 atom stereocenters. The Bertz CT molecular complexity index is 725. The summed E-state index contributed by atoms with van der Waals surface area (Å²) in [4.78, 5) is 26.3. The van der Waals surface area contributed by atoms with E-state index in [-0.39, 0.29) is 17.9 Å². The summed E-state index contributed by atoms with van der Waals surface area (Å²) in [5, 5.41) is 2.92. The highest BCUT2D eigenvalue weighted by Gasteiger charge is 2.24. The van der Waals surface area contributed by atoms with E-state index in [9.17, 15) is 14.0 Å². The Morgan fingerprint density at radius 2 is 1.62 bits per heavy atom. The second-order valence-corrected chi connectivity index (χ2v) is 5.92. The average Bonchev–Trinajstić information content (AvgIpc) is 2.62. The number of amides is 2. The average molecular weight is 326 g/mol. The zero-order valence-electron chi connectivity index (χ0n) is 13.2. The summed E-state index contributed by atoms with van der Waals surface area (Å²) in [5.41, 5.74) is 0.998. The van der Waals surface area contributed by atoms with Crippen LogP contribution in [-0.4, -0.2) is 35.8 Å². The van der Waals surface area contributed by atoms with Crippen LogP contribution in [0.3, 0.4) is 0 Å². The molecule has 2 aromatic carbocycles. The minimum absolute atomic E-state index is 0.000547. The molecular weight excluding hydrogens is 307 g/mol. The highest BCUT2D eigenvalue weighted by atomic mass is 19.1. The van der Waals surface area contributed by atoms with Crippen molar-refractivity contribution in [1.82, 2.24) is 10.2 Å². The maximum Gasteiger partial charge on any atom is 0.253 e. The number of nitrogens with zero attached hydrogens (tertiary/aromatic N) is 1. The first-order chi connectivity index (χ1) is 11.6. The number of hydrogen-bond donors (Lipinski definition) is 1. The zero-order chi connectivity index (χ0) is 16.9. The monoisotopic (exact) mass is 326 g/mol. The van der Waals surface area contributed by atoms with Crippen molar-refractivity contribution >= 4 is 11.8 Å². The number of benzene rings is 2. The van der Waals surface area contributed by atoms with E-state index in [2.05, 4.69) is 5.32 Å². The maximum atomic E-state index is 13.2. The Morgan fingerprint density at radius 3 is 2.29 bits per heavy atom. The molecule has 1 heterocycles. The minimum atomic E-state index is -0.425. The zero-order valence-corrected chi connectivity index (χ0v) is 13.2. The molecule has 1 N–H and O–H groups in total. The van der Waals surface area contributed by atoms with Gasteiger partial charge in [-0.15, -0.1) is 0 Å². The van der Waals surface area contributed by atoms with Gasteiger partial charge in [-0.1, -0.05) is 24.3 Å². The van der Waals surface area contributed by atoms with Crippen LogP contribution in [0, 0.1) is 5.82 Å². The lowest BCUT2D eigenvalue weighted by Crippen LogP contribution is -2.46. The molecule has 0 aromatic heterocycles. The summed E-state index contributed by atoms with van der Waals surface area (Å²) in [6.45, 7) is 1.20. The molecule has 1 aliphatic heterocycles. The third-order valence-corrected chi connectivity index (χ3v) is 4.22. The minimum Gasteiger partial charge on any atom is -0.349 e. The number of piperidine rings is 1. The molecule has 0 bridgehead atoms. The van der Waals surface area contributed by atoms with Gasteiger partial charge in [-0.05, 0) is 43.2 Å². The molecule has 24 heavy (non-hydrogen) atoms. The highest BCUT2D eigenvalue weighted by Crippen LogP contribution is 2.15. The van der Waals surface area contributed by atoms with Gasteiger partial charge >= 0.3 is 0 Å². The van der Waals surface area contributed by atoms with Gasteiger partial charge in [-0.2, -0.15) is 0 Å². The third kappa shape index (κ3) is 3.79. The van der Waals surface area contributed by atoms with Crippen LogP contribution in [0.15, 0.2) is 54.6 Å². The largest absolute Gasteiger partial charge is 0.349 e. The van der Waals surface area contributed by atoms with Gasteiger partial charge in [0.2, 0.25) is 0 Å². The number of likely N-dealkylation sites (tertiary alicyclic amines) is 1. The normalized spacial score (nSPS) is 15.1. The smallest absolute Gasteiger partial charge is 0.253 e. The number of carbonyl (C=O) groups is 2. The van der Waals surface area contributed by atoms with Crippen LogP contribution in [0.1, 0.15) is 33.6 Å². The highest BCUT2D eigenvalue weighted by molar-refractivity contribution is 5.95. The van der Waals surface area contributed by atoms with Crippen molar-refractivity contribution in [2.75, 3.05) is 13.1 Å². The Hall–Kier alpha value is -2.69. The fourth-order valence-electron chi connectivity index (χ4n) is 2.89. The van der Waals surface area contributed by atoms with Crippen molar-refractivity contribution in [3.63, 3.8) is 0 Å². The van der Waals surface area contributed by atoms with Crippen LogP contribution in [0.25, 0.3) is 0 Å². The van der Waals surface area contributed by atoms with Crippen molar-refractivity contribution in [3.05, 3.63) is 71.5 Å². The number of nitrogens with one attached hydrogen (secondary N) is 1. The van der Waals surface area contributed by atoms with Crippen molar-refractivity contribution in [2.45, 2.75) is 18.9 Å². The fraction of sp³-hybridized carbons (Fsp3) is 0.263. The lowest BCUT2D eigenvalue weighted by molar-refractivity contribution is 0.0698. The summed E-state index contributed by atoms with van der Waals surface area (Å²) in [7, 11) is 0. The predicted molar refractivity (Wildman–Crippen MR) is 89.2 cm³/mol. The molecule has 0 radical (unpaired) electrons. The molecule has 124 valence electrons. The lowest BCUT2D eigenvalue weighted by atomic mass is 10.0. The van der Waals surface area contributed by atoms with E-state index < -0.39 is 5.82 Å². The molecule has 0 saturated carbocycles. The van der Waals surface area contributed by atoms with E-state index in [1.807, 2.05) is 18.2 Å². The van der Waals surface area contributed by atoms with Gasteiger partial charge in [0.1, 0.15) is 5.82 Å². The number of carbonyl (C=O) groups excluding carboxylic acids is 2. The molecule has 4 nitrogen and oxygen atoms in total. The van der Waals surface area contributed by atoms with E-state index >= 15 is 0 Å². The van der Waals surface area contributed by atoms with Crippen molar-refractivity contribution in [1.29, 1.82) is 0 Å². The molecule has 2 amide bonds. The first-order valence-electron chi connectivity index (χ1n) is 8.04. The van der Waals surface area contributed by atoms with Crippen molar-refractivity contribution in [3.8, 4) is 0 Å². The summed E-state index contributed by atoms with van der Waals surface area (Å²) < 4.78 is 13.2. The Labute approximate surface area is 140 Å². The molecule has 0 spiro atoms. The van der Waals surface area contributed by atoms with Crippen molar-refractivity contribution in [2.24, 2.45) is 0 Å². The number of halogens is 1. The van der Waals surface area contributed by atoms with Crippen LogP contribution in [0.5, 0.6) is 0 Å². The summed E-state index contributed by atoms with van der Waals surface area (Å²) in [5.74, 6) is -0.682. The van der Waals surface area contributed by atoms with Gasteiger partial charge in [-0.25, -0.2) is 4.39 Å². The molecule has 3 rings (SSSR count). The Morgan fingerprint density at radius 1 is 0.958 bits per heavy atom. The molecule has 1 aliphatic rings. The van der Waals surface area contributed by atoms with E-state index in [1.165, 1.54) is 18.2 Å². The molecular formula is C19H19FN2O2. The summed E-state index contributed by atoms with van der Waals surface area (Å²) in [6.07, 6.45) is 1.39. The molecule has 0 unspecified atom stereocenters. The van der Waals surface area contributed by atoms with Crippen LogP contribution in [-0.2, 0) is 0 Å². The summed E-state index contributed by atoms with van der Waals surface area (Å²) >= 11 is 0. The Kier molecular flexibility index (Phi) is 4.89. The quantitative estimate of drug-likeness (QED) is 0.943. The molecule has 1 saturated heterocycles. The van der Waals surface area contributed by atoms with Gasteiger partial charge < -0.3 is 10.2 Å². The second kappa shape index (κ2) is 7.25. The van der Waals surface area contributed by atoms with Crippen LogP contribution < -0.4 is 5.32 Å².